The number of rotatable bonds is 4. The summed E-state index contributed by atoms with van der Waals surface area (Å²) in [5.41, 5.74) is 0.277. The standard InChI is InChI=1S/C12H11BrF2N4/c1-2-16-11-10(13)12(18-6-17-11)19-9-4-7(14)3-8(15)5-9/h3-6H,2H2,1H3,(H2,16,17,18,19). The van der Waals surface area contributed by atoms with Gasteiger partial charge in [0, 0.05) is 18.3 Å². The van der Waals surface area contributed by atoms with E-state index in [0.29, 0.717) is 22.7 Å². The van der Waals surface area contributed by atoms with Crippen molar-refractivity contribution >= 4 is 33.3 Å². The van der Waals surface area contributed by atoms with E-state index in [1.165, 1.54) is 18.5 Å². The highest BCUT2D eigenvalue weighted by atomic mass is 79.9. The Hall–Kier alpha value is -1.76. The lowest BCUT2D eigenvalue weighted by atomic mass is 10.3. The fourth-order valence-corrected chi connectivity index (χ4v) is 1.95. The first-order valence-electron chi connectivity index (χ1n) is 5.57. The van der Waals surface area contributed by atoms with Crippen molar-refractivity contribution in [1.82, 2.24) is 9.97 Å². The van der Waals surface area contributed by atoms with Crippen LogP contribution in [0.4, 0.5) is 26.1 Å². The molecule has 0 saturated heterocycles. The first-order valence-corrected chi connectivity index (χ1v) is 6.37. The van der Waals surface area contributed by atoms with Crippen LogP contribution in [-0.4, -0.2) is 16.5 Å². The Morgan fingerprint density at radius 3 is 2.37 bits per heavy atom. The molecule has 0 spiro atoms. The number of hydrogen-bond acceptors (Lipinski definition) is 4. The molecule has 1 heterocycles. The van der Waals surface area contributed by atoms with Gasteiger partial charge in [0.15, 0.2) is 0 Å². The van der Waals surface area contributed by atoms with Crippen molar-refractivity contribution in [1.29, 1.82) is 0 Å². The van der Waals surface area contributed by atoms with Crippen molar-refractivity contribution in [3.05, 3.63) is 40.6 Å². The van der Waals surface area contributed by atoms with Crippen LogP contribution in [0.1, 0.15) is 6.92 Å². The highest BCUT2D eigenvalue weighted by molar-refractivity contribution is 9.10. The molecule has 0 amide bonds. The summed E-state index contributed by atoms with van der Waals surface area (Å²) in [7, 11) is 0. The van der Waals surface area contributed by atoms with Crippen molar-refractivity contribution in [3.63, 3.8) is 0 Å². The highest BCUT2D eigenvalue weighted by Gasteiger charge is 2.09. The zero-order chi connectivity index (χ0) is 13.8. The maximum absolute atomic E-state index is 13.1. The second kappa shape index (κ2) is 5.92. The number of aromatic nitrogens is 2. The first-order chi connectivity index (χ1) is 9.10. The van der Waals surface area contributed by atoms with Crippen LogP contribution < -0.4 is 10.6 Å². The van der Waals surface area contributed by atoms with Crippen LogP contribution in [0.2, 0.25) is 0 Å². The molecule has 0 bridgehead atoms. The Balaban J connectivity index is 2.30. The molecule has 1 aromatic heterocycles. The van der Waals surface area contributed by atoms with Gasteiger partial charge in [-0.05, 0) is 35.0 Å². The number of anilines is 3. The third-order valence-electron chi connectivity index (χ3n) is 2.26. The smallest absolute Gasteiger partial charge is 0.150 e. The third kappa shape index (κ3) is 3.37. The van der Waals surface area contributed by atoms with E-state index >= 15 is 0 Å². The zero-order valence-electron chi connectivity index (χ0n) is 10.0. The van der Waals surface area contributed by atoms with E-state index in [4.69, 9.17) is 0 Å². The van der Waals surface area contributed by atoms with Crippen molar-refractivity contribution in [2.75, 3.05) is 17.2 Å². The molecule has 7 heteroatoms. The van der Waals surface area contributed by atoms with E-state index in [9.17, 15) is 8.78 Å². The van der Waals surface area contributed by atoms with Crippen molar-refractivity contribution in [2.45, 2.75) is 6.92 Å². The van der Waals surface area contributed by atoms with Crippen LogP contribution in [0.25, 0.3) is 0 Å². The van der Waals surface area contributed by atoms with E-state index in [-0.39, 0.29) is 5.69 Å². The van der Waals surface area contributed by atoms with Crippen molar-refractivity contribution in [2.24, 2.45) is 0 Å². The molecule has 19 heavy (non-hydrogen) atoms. The molecule has 1 aromatic carbocycles. The van der Waals surface area contributed by atoms with Crippen molar-refractivity contribution < 1.29 is 8.78 Å². The summed E-state index contributed by atoms with van der Waals surface area (Å²) in [6.45, 7) is 2.63. The minimum absolute atomic E-state index is 0.277. The van der Waals surface area contributed by atoms with Crippen LogP contribution in [-0.2, 0) is 0 Å². The third-order valence-corrected chi connectivity index (χ3v) is 3.01. The Labute approximate surface area is 117 Å². The first kappa shape index (κ1) is 13.7. The van der Waals surface area contributed by atoms with Gasteiger partial charge in [0.2, 0.25) is 0 Å². The van der Waals surface area contributed by atoms with Crippen LogP contribution in [0.5, 0.6) is 0 Å². The van der Waals surface area contributed by atoms with Gasteiger partial charge in [-0.15, -0.1) is 0 Å². The number of nitrogens with one attached hydrogen (secondary N) is 2. The second-order valence-electron chi connectivity index (χ2n) is 3.70. The van der Waals surface area contributed by atoms with Gasteiger partial charge in [0.1, 0.15) is 34.1 Å². The van der Waals surface area contributed by atoms with E-state index < -0.39 is 11.6 Å². The lowest BCUT2D eigenvalue weighted by Crippen LogP contribution is -2.04. The minimum Gasteiger partial charge on any atom is -0.369 e. The average molecular weight is 329 g/mol. The monoisotopic (exact) mass is 328 g/mol. The molecule has 0 saturated carbocycles. The highest BCUT2D eigenvalue weighted by Crippen LogP contribution is 2.29. The van der Waals surface area contributed by atoms with E-state index in [1.54, 1.807) is 0 Å². The fourth-order valence-electron chi connectivity index (χ4n) is 1.51. The number of nitrogens with zero attached hydrogens (tertiary/aromatic N) is 2. The lowest BCUT2D eigenvalue weighted by molar-refractivity contribution is 0.584. The predicted octanol–water partition coefficient (Wildman–Crippen LogP) is 3.69. The van der Waals surface area contributed by atoms with Crippen LogP contribution in [0.3, 0.4) is 0 Å². The molecular weight excluding hydrogens is 318 g/mol. The number of halogens is 3. The van der Waals surface area contributed by atoms with Gasteiger partial charge < -0.3 is 10.6 Å². The number of benzene rings is 1. The SMILES string of the molecule is CCNc1ncnc(Nc2cc(F)cc(F)c2)c1Br. The molecule has 2 N–H and O–H groups in total. The topological polar surface area (TPSA) is 49.8 Å². The summed E-state index contributed by atoms with van der Waals surface area (Å²) < 4.78 is 26.8. The Bertz CT molecular complexity index is 572. The molecule has 100 valence electrons. The number of hydrogen-bond donors (Lipinski definition) is 2. The van der Waals surface area contributed by atoms with Gasteiger partial charge in [0.25, 0.3) is 0 Å². The molecule has 2 rings (SSSR count). The fraction of sp³-hybridized carbons (Fsp3) is 0.167. The maximum atomic E-state index is 13.1. The average Bonchev–Trinajstić information content (AvgIpc) is 2.33. The Morgan fingerprint density at radius 1 is 1.11 bits per heavy atom. The molecule has 2 aromatic rings. The van der Waals surface area contributed by atoms with E-state index in [0.717, 1.165) is 6.07 Å². The molecule has 0 aliphatic rings. The summed E-state index contributed by atoms with van der Waals surface area (Å²) in [5.74, 6) is -0.271. The summed E-state index contributed by atoms with van der Waals surface area (Å²) in [5, 5.41) is 5.87. The Kier molecular flexibility index (Phi) is 4.26. The molecule has 0 atom stereocenters. The summed E-state index contributed by atoms with van der Waals surface area (Å²) in [6, 6.07) is 3.18. The quantitative estimate of drug-likeness (QED) is 0.898. The van der Waals surface area contributed by atoms with E-state index in [2.05, 4.69) is 36.5 Å². The Morgan fingerprint density at radius 2 is 1.74 bits per heavy atom. The zero-order valence-corrected chi connectivity index (χ0v) is 11.6. The summed E-state index contributed by atoms with van der Waals surface area (Å²) in [4.78, 5) is 8.07. The molecule has 0 radical (unpaired) electrons. The minimum atomic E-state index is -0.653. The molecule has 0 fully saturated rings. The predicted molar refractivity (Wildman–Crippen MR) is 73.5 cm³/mol. The molecular formula is C12H11BrF2N4. The molecule has 0 unspecified atom stereocenters. The maximum Gasteiger partial charge on any atom is 0.150 e. The lowest BCUT2D eigenvalue weighted by Gasteiger charge is -2.11. The van der Waals surface area contributed by atoms with Gasteiger partial charge >= 0.3 is 0 Å². The molecule has 0 aliphatic carbocycles. The normalized spacial score (nSPS) is 10.3. The van der Waals surface area contributed by atoms with Crippen molar-refractivity contribution in [3.8, 4) is 0 Å². The second-order valence-corrected chi connectivity index (χ2v) is 4.49. The van der Waals surface area contributed by atoms with Crippen LogP contribution in [0, 0.1) is 11.6 Å². The molecule has 4 nitrogen and oxygen atoms in total. The van der Waals surface area contributed by atoms with Crippen LogP contribution in [0.15, 0.2) is 29.0 Å². The van der Waals surface area contributed by atoms with Gasteiger partial charge in [-0.3, -0.25) is 0 Å². The van der Waals surface area contributed by atoms with Gasteiger partial charge in [-0.1, -0.05) is 0 Å². The van der Waals surface area contributed by atoms with Gasteiger partial charge in [0.05, 0.1) is 0 Å². The summed E-state index contributed by atoms with van der Waals surface area (Å²) >= 11 is 3.34. The van der Waals surface area contributed by atoms with E-state index in [1.807, 2.05) is 6.92 Å². The summed E-state index contributed by atoms with van der Waals surface area (Å²) in [6.07, 6.45) is 1.36. The van der Waals surface area contributed by atoms with Gasteiger partial charge in [-0.25, -0.2) is 18.7 Å². The van der Waals surface area contributed by atoms with Gasteiger partial charge in [-0.2, -0.15) is 0 Å². The van der Waals surface area contributed by atoms with Crippen LogP contribution >= 0.6 is 15.9 Å². The molecule has 0 aliphatic heterocycles. The largest absolute Gasteiger partial charge is 0.369 e.